The lowest BCUT2D eigenvalue weighted by atomic mass is 9.84. The van der Waals surface area contributed by atoms with Crippen molar-refractivity contribution in [3.05, 3.63) is 71.1 Å². The van der Waals surface area contributed by atoms with Crippen LogP contribution in [0.4, 0.5) is 5.69 Å². The van der Waals surface area contributed by atoms with Crippen LogP contribution in [-0.2, 0) is 19.1 Å². The number of ether oxygens (including phenoxy) is 2. The summed E-state index contributed by atoms with van der Waals surface area (Å²) in [5.41, 5.74) is 5.21. The van der Waals surface area contributed by atoms with Crippen molar-refractivity contribution >= 4 is 34.4 Å². The number of rotatable bonds is 5. The molecule has 3 aromatic rings. The van der Waals surface area contributed by atoms with Crippen LogP contribution in [0.3, 0.4) is 0 Å². The summed E-state index contributed by atoms with van der Waals surface area (Å²) in [6, 6.07) is 13.7. The van der Waals surface area contributed by atoms with Crippen LogP contribution < -0.4 is 10.1 Å². The minimum absolute atomic E-state index is 0.185. The topological polar surface area (TPSA) is 89.9 Å². The second-order valence-corrected chi connectivity index (χ2v) is 9.08. The van der Waals surface area contributed by atoms with Crippen LogP contribution in [0.5, 0.6) is 5.75 Å². The molecule has 2 aromatic carbocycles. The molecule has 0 fully saturated rings. The largest absolute Gasteiger partial charge is 0.482 e. The van der Waals surface area contributed by atoms with Gasteiger partial charge in [0.1, 0.15) is 5.75 Å². The molecule has 3 heterocycles. The van der Waals surface area contributed by atoms with Gasteiger partial charge in [-0.15, -0.1) is 0 Å². The number of imide groups is 1. The quantitative estimate of drug-likeness (QED) is 0.564. The van der Waals surface area contributed by atoms with Crippen LogP contribution in [0.1, 0.15) is 43.9 Å². The van der Waals surface area contributed by atoms with Crippen molar-refractivity contribution in [3.63, 3.8) is 0 Å². The zero-order valence-electron chi connectivity index (χ0n) is 20.1. The maximum Gasteiger partial charge on any atom is 0.343 e. The smallest absolute Gasteiger partial charge is 0.343 e. The lowest BCUT2D eigenvalue weighted by molar-refractivity contribution is -0.143. The Labute approximate surface area is 203 Å². The summed E-state index contributed by atoms with van der Waals surface area (Å²) >= 11 is 0. The number of methoxy groups -OCH3 is 1. The predicted molar refractivity (Wildman–Crippen MR) is 131 cm³/mol. The van der Waals surface area contributed by atoms with Gasteiger partial charge in [0.05, 0.1) is 24.7 Å². The monoisotopic (exact) mass is 473 g/mol. The molecule has 8 heteroatoms. The molecule has 8 nitrogen and oxygen atoms in total. The molecule has 1 unspecified atom stereocenters. The van der Waals surface area contributed by atoms with Crippen molar-refractivity contribution in [1.29, 1.82) is 0 Å². The summed E-state index contributed by atoms with van der Waals surface area (Å²) in [6.45, 7) is 5.69. The number of nitrogens with one attached hydrogen (secondary N) is 1. The molecule has 0 saturated carbocycles. The van der Waals surface area contributed by atoms with E-state index in [1.165, 1.54) is 18.9 Å². The molecule has 5 rings (SSSR count). The number of aromatic nitrogens is 1. The number of hydrogen-bond acceptors (Lipinski definition) is 6. The normalized spacial score (nSPS) is 16.9. The van der Waals surface area contributed by atoms with E-state index in [1.807, 2.05) is 24.3 Å². The Balaban J connectivity index is 1.66. The number of carbonyl (C=O) groups excluding carboxylic acids is 3. The molecule has 2 amide bonds. The van der Waals surface area contributed by atoms with Crippen LogP contribution in [0, 0.1) is 0 Å². The number of nitrogens with zero attached hydrogens (tertiary/aromatic N) is 2. The van der Waals surface area contributed by atoms with Crippen molar-refractivity contribution in [2.45, 2.75) is 32.7 Å². The Kier molecular flexibility index (Phi) is 5.59. The number of hydrogen-bond donors (Lipinski definition) is 1. The Bertz CT molecular complexity index is 1380. The zero-order valence-corrected chi connectivity index (χ0v) is 20.1. The summed E-state index contributed by atoms with van der Waals surface area (Å²) in [5, 5.41) is 4.54. The first-order valence-corrected chi connectivity index (χ1v) is 11.6. The fraction of sp³-hybridized carbons (Fsp3) is 0.296. The number of anilines is 1. The van der Waals surface area contributed by atoms with Gasteiger partial charge in [0, 0.05) is 41.9 Å². The first kappa shape index (κ1) is 22.7. The third-order valence-electron chi connectivity index (χ3n) is 6.62. The van der Waals surface area contributed by atoms with Crippen LogP contribution in [0.2, 0.25) is 0 Å². The Morgan fingerprint density at radius 2 is 1.89 bits per heavy atom. The number of carbonyl (C=O) groups is 3. The van der Waals surface area contributed by atoms with Gasteiger partial charge in [0.2, 0.25) is 5.91 Å². The van der Waals surface area contributed by atoms with Crippen LogP contribution >= 0.6 is 0 Å². The summed E-state index contributed by atoms with van der Waals surface area (Å²) in [5.74, 6) is -0.889. The maximum absolute atomic E-state index is 13.5. The van der Waals surface area contributed by atoms with E-state index in [2.05, 4.69) is 40.7 Å². The first-order chi connectivity index (χ1) is 16.8. The minimum atomic E-state index is -0.464. The molecule has 1 aromatic heterocycles. The van der Waals surface area contributed by atoms with E-state index in [0.717, 1.165) is 33.4 Å². The van der Waals surface area contributed by atoms with Crippen molar-refractivity contribution in [2.24, 2.45) is 0 Å². The fourth-order valence-corrected chi connectivity index (χ4v) is 4.96. The fourth-order valence-electron chi connectivity index (χ4n) is 4.96. The van der Waals surface area contributed by atoms with E-state index >= 15 is 0 Å². The van der Waals surface area contributed by atoms with Crippen molar-refractivity contribution in [2.75, 3.05) is 25.6 Å². The number of esters is 1. The van der Waals surface area contributed by atoms with Gasteiger partial charge < -0.3 is 19.4 Å². The SMILES string of the molecule is COC(=O)COc1ccc(C2C3=C(CN(C(C)=O)C3=O)Nc3cccc4c3c2cn4C(C)C)cc1. The molecule has 35 heavy (non-hydrogen) atoms. The van der Waals surface area contributed by atoms with E-state index in [1.54, 1.807) is 12.1 Å². The van der Waals surface area contributed by atoms with E-state index in [4.69, 9.17) is 4.74 Å². The van der Waals surface area contributed by atoms with E-state index in [-0.39, 0.29) is 36.9 Å². The molecule has 0 radical (unpaired) electrons. The van der Waals surface area contributed by atoms with Gasteiger partial charge >= 0.3 is 5.97 Å². The summed E-state index contributed by atoms with van der Waals surface area (Å²) in [7, 11) is 1.31. The second kappa shape index (κ2) is 8.61. The summed E-state index contributed by atoms with van der Waals surface area (Å²) in [4.78, 5) is 38.5. The Hall–Kier alpha value is -4.07. The predicted octanol–water partition coefficient (Wildman–Crippen LogP) is 3.97. The van der Waals surface area contributed by atoms with Crippen LogP contribution in [0.25, 0.3) is 10.9 Å². The molecule has 0 saturated heterocycles. The highest BCUT2D eigenvalue weighted by Crippen LogP contribution is 2.47. The van der Waals surface area contributed by atoms with Gasteiger partial charge in [0.25, 0.3) is 5.91 Å². The molecule has 2 aliphatic heterocycles. The standard InChI is InChI=1S/C27H27N3O5/c1-15(2)29-12-19-24(17-8-10-18(11-9-17)35-14-23(32)34-4)26-21(13-30(16(3)31)27(26)33)28-20-6-5-7-22(29)25(19)20/h5-12,15,24,28H,13-14H2,1-4H3. The van der Waals surface area contributed by atoms with Gasteiger partial charge in [-0.2, -0.15) is 0 Å². The van der Waals surface area contributed by atoms with Crippen molar-refractivity contribution in [1.82, 2.24) is 9.47 Å². The van der Waals surface area contributed by atoms with Gasteiger partial charge in [0.15, 0.2) is 6.61 Å². The van der Waals surface area contributed by atoms with Gasteiger partial charge in [-0.1, -0.05) is 18.2 Å². The molecule has 1 N–H and O–H groups in total. The molecule has 0 bridgehead atoms. The van der Waals surface area contributed by atoms with Gasteiger partial charge in [-0.3, -0.25) is 14.5 Å². The van der Waals surface area contributed by atoms with Crippen LogP contribution in [0.15, 0.2) is 59.9 Å². The van der Waals surface area contributed by atoms with E-state index < -0.39 is 5.97 Å². The molecule has 0 spiro atoms. The maximum atomic E-state index is 13.5. The molecular weight excluding hydrogens is 446 g/mol. The lowest BCUT2D eigenvalue weighted by Gasteiger charge is -2.20. The highest BCUT2D eigenvalue weighted by Gasteiger charge is 2.41. The molecule has 2 aliphatic rings. The Morgan fingerprint density at radius 3 is 2.54 bits per heavy atom. The number of benzene rings is 2. The highest BCUT2D eigenvalue weighted by atomic mass is 16.6. The van der Waals surface area contributed by atoms with E-state index in [0.29, 0.717) is 11.3 Å². The minimum Gasteiger partial charge on any atom is -0.482 e. The van der Waals surface area contributed by atoms with Crippen molar-refractivity contribution in [3.8, 4) is 5.75 Å². The molecule has 1 atom stereocenters. The van der Waals surface area contributed by atoms with Gasteiger partial charge in [-0.05, 0) is 49.2 Å². The number of amides is 2. The highest BCUT2D eigenvalue weighted by molar-refractivity contribution is 6.11. The third kappa shape index (κ3) is 3.75. The average molecular weight is 474 g/mol. The second-order valence-electron chi connectivity index (χ2n) is 9.08. The zero-order chi connectivity index (χ0) is 24.9. The molecule has 180 valence electrons. The summed E-state index contributed by atoms with van der Waals surface area (Å²) < 4.78 is 12.4. The Morgan fingerprint density at radius 1 is 1.14 bits per heavy atom. The third-order valence-corrected chi connectivity index (χ3v) is 6.62. The molecule has 0 aliphatic carbocycles. The first-order valence-electron chi connectivity index (χ1n) is 11.6. The van der Waals surface area contributed by atoms with E-state index in [9.17, 15) is 14.4 Å². The van der Waals surface area contributed by atoms with Gasteiger partial charge in [-0.25, -0.2) is 4.79 Å². The van der Waals surface area contributed by atoms with Crippen LogP contribution in [-0.4, -0.2) is 47.5 Å². The lowest BCUT2D eigenvalue weighted by Crippen LogP contribution is -2.33. The van der Waals surface area contributed by atoms with Crippen molar-refractivity contribution < 1.29 is 23.9 Å². The average Bonchev–Trinajstić information content (AvgIpc) is 3.34. The molecular formula is C27H27N3O5. The summed E-state index contributed by atoms with van der Waals surface area (Å²) in [6.07, 6.45) is 2.12.